The molecule has 0 radical (unpaired) electrons. The summed E-state index contributed by atoms with van der Waals surface area (Å²) in [7, 11) is 0. The smallest absolute Gasteiger partial charge is 0.274 e. The van der Waals surface area contributed by atoms with E-state index in [0.29, 0.717) is 17.8 Å². The van der Waals surface area contributed by atoms with Crippen LogP contribution in [-0.2, 0) is 0 Å². The number of benzene rings is 1. The minimum absolute atomic E-state index is 0.0685. The average molecular weight is 260 g/mol. The maximum absolute atomic E-state index is 12.0. The maximum Gasteiger partial charge on any atom is 0.274 e. The summed E-state index contributed by atoms with van der Waals surface area (Å²) in [5.41, 5.74) is 1.03. The Labute approximate surface area is 110 Å². The lowest BCUT2D eigenvalue weighted by Crippen LogP contribution is -2.25. The van der Waals surface area contributed by atoms with Gasteiger partial charge < -0.3 is 10.4 Å². The van der Waals surface area contributed by atoms with Crippen LogP contribution in [-0.4, -0.2) is 33.0 Å². The number of H-pyrrole nitrogens is 1. The van der Waals surface area contributed by atoms with E-state index < -0.39 is 0 Å². The summed E-state index contributed by atoms with van der Waals surface area (Å²) in [5, 5.41) is 22.8. The number of unbranched alkanes of at least 4 members (excludes halogenated alkanes) is 1. The number of carbonyl (C=O) groups is 1. The molecule has 2 rings (SSSR count). The summed E-state index contributed by atoms with van der Waals surface area (Å²) >= 11 is 0. The molecule has 0 aliphatic heterocycles. The molecule has 6 heteroatoms. The predicted octanol–water partition coefficient (Wildman–Crippen LogP) is 1.71. The first-order valence-corrected chi connectivity index (χ1v) is 6.21. The Bertz CT molecular complexity index is 565. The molecule has 1 heterocycles. The lowest BCUT2D eigenvalue weighted by atomic mass is 10.1. The Hall–Kier alpha value is -2.37. The molecule has 0 aliphatic rings. The summed E-state index contributed by atoms with van der Waals surface area (Å²) in [6.45, 7) is 2.65. The minimum atomic E-state index is -0.291. The van der Waals surface area contributed by atoms with Crippen LogP contribution in [0.2, 0.25) is 0 Å². The second kappa shape index (κ2) is 5.99. The number of aromatic nitrogens is 3. The van der Waals surface area contributed by atoms with Gasteiger partial charge in [0.2, 0.25) is 0 Å². The monoisotopic (exact) mass is 260 g/mol. The third-order valence-electron chi connectivity index (χ3n) is 2.74. The molecule has 2 aromatic rings. The second-order valence-corrected chi connectivity index (χ2v) is 4.15. The van der Waals surface area contributed by atoms with Crippen LogP contribution in [0.3, 0.4) is 0 Å². The Balaban J connectivity index is 2.23. The van der Waals surface area contributed by atoms with Crippen molar-refractivity contribution in [2.24, 2.45) is 0 Å². The van der Waals surface area contributed by atoms with Gasteiger partial charge in [-0.25, -0.2) is 0 Å². The number of nitrogens with zero attached hydrogens (tertiary/aromatic N) is 2. The van der Waals surface area contributed by atoms with Crippen molar-refractivity contribution in [1.29, 1.82) is 0 Å². The summed E-state index contributed by atoms with van der Waals surface area (Å²) < 4.78 is 0. The number of hydrogen-bond acceptors (Lipinski definition) is 4. The maximum atomic E-state index is 12.0. The van der Waals surface area contributed by atoms with Crippen molar-refractivity contribution >= 4 is 5.91 Å². The number of phenolic OH excluding ortho intramolecular Hbond substituents is 1. The standard InChI is InChI=1S/C13H16N4O2/c1-2-3-8-14-13(19)12-11(15-17-16-12)9-6-4-5-7-10(9)18/h4-7,18H,2-3,8H2,1H3,(H,14,19)(H,15,16,17). The van der Waals surface area contributed by atoms with Gasteiger partial charge in [-0.1, -0.05) is 25.5 Å². The van der Waals surface area contributed by atoms with Gasteiger partial charge in [-0.05, 0) is 18.6 Å². The summed E-state index contributed by atoms with van der Waals surface area (Å²) in [6, 6.07) is 6.71. The van der Waals surface area contributed by atoms with Crippen molar-refractivity contribution in [3.05, 3.63) is 30.0 Å². The molecule has 0 fully saturated rings. The molecule has 3 N–H and O–H groups in total. The molecule has 0 aliphatic carbocycles. The Kier molecular flexibility index (Phi) is 4.12. The lowest BCUT2D eigenvalue weighted by molar-refractivity contribution is 0.0949. The lowest BCUT2D eigenvalue weighted by Gasteiger charge is -2.04. The number of carbonyl (C=O) groups excluding carboxylic acids is 1. The molecule has 1 aromatic carbocycles. The highest BCUT2D eigenvalue weighted by atomic mass is 16.3. The molecular formula is C13H16N4O2. The molecule has 0 saturated carbocycles. The first kappa shape index (κ1) is 13.1. The molecule has 0 spiro atoms. The van der Waals surface area contributed by atoms with Crippen molar-refractivity contribution in [3.63, 3.8) is 0 Å². The zero-order valence-electron chi connectivity index (χ0n) is 10.7. The Morgan fingerprint density at radius 3 is 2.89 bits per heavy atom. The molecular weight excluding hydrogens is 244 g/mol. The third-order valence-corrected chi connectivity index (χ3v) is 2.74. The zero-order chi connectivity index (χ0) is 13.7. The number of aromatic hydroxyl groups is 1. The van der Waals surface area contributed by atoms with E-state index in [2.05, 4.69) is 27.7 Å². The highest BCUT2D eigenvalue weighted by Gasteiger charge is 2.19. The fourth-order valence-corrected chi connectivity index (χ4v) is 1.71. The first-order valence-electron chi connectivity index (χ1n) is 6.21. The van der Waals surface area contributed by atoms with Gasteiger partial charge in [0.25, 0.3) is 5.91 Å². The van der Waals surface area contributed by atoms with E-state index in [4.69, 9.17) is 0 Å². The van der Waals surface area contributed by atoms with E-state index >= 15 is 0 Å². The first-order chi connectivity index (χ1) is 9.24. The van der Waals surface area contributed by atoms with E-state index in [1.54, 1.807) is 24.3 Å². The molecule has 100 valence electrons. The van der Waals surface area contributed by atoms with Crippen LogP contribution in [0.15, 0.2) is 24.3 Å². The fraction of sp³-hybridized carbons (Fsp3) is 0.308. The van der Waals surface area contributed by atoms with Crippen molar-refractivity contribution in [3.8, 4) is 17.0 Å². The molecule has 1 aromatic heterocycles. The number of phenols is 1. The number of amides is 1. The average Bonchev–Trinajstić information content (AvgIpc) is 2.88. The van der Waals surface area contributed by atoms with Crippen LogP contribution in [0.4, 0.5) is 0 Å². The van der Waals surface area contributed by atoms with Crippen LogP contribution >= 0.6 is 0 Å². The Morgan fingerprint density at radius 1 is 1.37 bits per heavy atom. The van der Waals surface area contributed by atoms with Gasteiger partial charge in [-0.2, -0.15) is 15.4 Å². The van der Waals surface area contributed by atoms with Crippen molar-refractivity contribution in [2.75, 3.05) is 6.54 Å². The van der Waals surface area contributed by atoms with Gasteiger partial charge >= 0.3 is 0 Å². The fourth-order valence-electron chi connectivity index (χ4n) is 1.71. The van der Waals surface area contributed by atoms with Gasteiger partial charge in [0.1, 0.15) is 11.4 Å². The zero-order valence-corrected chi connectivity index (χ0v) is 10.7. The number of aromatic amines is 1. The highest BCUT2D eigenvalue weighted by Crippen LogP contribution is 2.28. The summed E-state index contributed by atoms with van der Waals surface area (Å²) in [6.07, 6.45) is 1.92. The normalized spacial score (nSPS) is 10.4. The van der Waals surface area contributed by atoms with E-state index in [9.17, 15) is 9.90 Å². The van der Waals surface area contributed by atoms with E-state index in [-0.39, 0.29) is 17.4 Å². The van der Waals surface area contributed by atoms with Crippen LogP contribution in [0.5, 0.6) is 5.75 Å². The molecule has 19 heavy (non-hydrogen) atoms. The van der Waals surface area contributed by atoms with Crippen molar-refractivity contribution in [2.45, 2.75) is 19.8 Å². The second-order valence-electron chi connectivity index (χ2n) is 4.15. The van der Waals surface area contributed by atoms with E-state index in [0.717, 1.165) is 12.8 Å². The molecule has 0 atom stereocenters. The van der Waals surface area contributed by atoms with Crippen LogP contribution in [0, 0.1) is 0 Å². The highest BCUT2D eigenvalue weighted by molar-refractivity contribution is 5.98. The summed E-state index contributed by atoms with van der Waals surface area (Å²) in [4.78, 5) is 12.0. The third kappa shape index (κ3) is 2.90. The van der Waals surface area contributed by atoms with Gasteiger partial charge in [0, 0.05) is 12.1 Å². The van der Waals surface area contributed by atoms with Crippen LogP contribution < -0.4 is 5.32 Å². The summed E-state index contributed by atoms with van der Waals surface area (Å²) in [5.74, 6) is -0.223. The van der Waals surface area contributed by atoms with Crippen LogP contribution in [0.25, 0.3) is 11.3 Å². The molecule has 0 bridgehead atoms. The van der Waals surface area contributed by atoms with E-state index in [1.165, 1.54) is 0 Å². The Morgan fingerprint density at radius 2 is 2.16 bits per heavy atom. The van der Waals surface area contributed by atoms with Gasteiger partial charge in [0.05, 0.1) is 0 Å². The number of para-hydroxylation sites is 1. The van der Waals surface area contributed by atoms with E-state index in [1.807, 2.05) is 0 Å². The topological polar surface area (TPSA) is 90.9 Å². The molecule has 1 amide bonds. The number of nitrogens with one attached hydrogen (secondary N) is 2. The van der Waals surface area contributed by atoms with Crippen LogP contribution in [0.1, 0.15) is 30.3 Å². The molecule has 0 saturated heterocycles. The van der Waals surface area contributed by atoms with Gasteiger partial charge in [-0.3, -0.25) is 4.79 Å². The largest absolute Gasteiger partial charge is 0.507 e. The van der Waals surface area contributed by atoms with Crippen molar-refractivity contribution < 1.29 is 9.90 Å². The number of rotatable bonds is 5. The molecule has 6 nitrogen and oxygen atoms in total. The predicted molar refractivity (Wildman–Crippen MR) is 70.7 cm³/mol. The van der Waals surface area contributed by atoms with Gasteiger partial charge in [0.15, 0.2) is 5.69 Å². The number of hydrogen-bond donors (Lipinski definition) is 3. The SMILES string of the molecule is CCCCNC(=O)c1n[nH]nc1-c1ccccc1O. The van der Waals surface area contributed by atoms with Gasteiger partial charge in [-0.15, -0.1) is 0 Å². The quantitative estimate of drug-likeness (QED) is 0.714. The minimum Gasteiger partial charge on any atom is -0.507 e. The van der Waals surface area contributed by atoms with Crippen molar-refractivity contribution in [1.82, 2.24) is 20.7 Å². The molecule has 0 unspecified atom stereocenters.